The van der Waals surface area contributed by atoms with Crippen molar-refractivity contribution in [3.05, 3.63) is 64.1 Å². The van der Waals surface area contributed by atoms with E-state index in [-0.39, 0.29) is 0 Å². The van der Waals surface area contributed by atoms with Crippen molar-refractivity contribution in [3.63, 3.8) is 0 Å². The minimum absolute atomic E-state index is 0.554. The van der Waals surface area contributed by atoms with E-state index in [1.807, 2.05) is 0 Å². The number of azo groups is 1. The number of carbonyl (C=O) groups is 1. The number of rotatable bonds is 5. The lowest BCUT2D eigenvalue weighted by molar-refractivity contribution is -0.140. The second-order valence-corrected chi connectivity index (χ2v) is 6.53. The second-order valence-electron chi connectivity index (χ2n) is 5.65. The molecule has 1 unspecified atom stereocenters. The van der Waals surface area contributed by atoms with Crippen LogP contribution in [-0.2, 0) is 4.79 Å². The molecule has 6 heteroatoms. The predicted octanol–water partition coefficient (Wildman–Crippen LogP) is 5.72. The molecule has 120 valence electrons. The van der Waals surface area contributed by atoms with Crippen molar-refractivity contribution in [2.45, 2.75) is 25.3 Å². The van der Waals surface area contributed by atoms with Crippen LogP contribution in [0.2, 0.25) is 10.0 Å². The molecule has 0 heterocycles. The first-order valence-corrected chi connectivity index (χ1v) is 7.72. The molecule has 2 aromatic rings. The molecule has 4 nitrogen and oxygen atoms in total. The zero-order valence-electron chi connectivity index (χ0n) is 12.7. The summed E-state index contributed by atoms with van der Waals surface area (Å²) in [4.78, 5) is 11.7. The first-order chi connectivity index (χ1) is 10.8. The van der Waals surface area contributed by atoms with E-state index in [9.17, 15) is 9.90 Å². The summed E-state index contributed by atoms with van der Waals surface area (Å²) in [6, 6.07) is 13.6. The van der Waals surface area contributed by atoms with Gasteiger partial charge in [-0.15, -0.1) is 0 Å². The molecule has 0 radical (unpaired) electrons. The van der Waals surface area contributed by atoms with Gasteiger partial charge in [0.05, 0.1) is 11.2 Å². The molecule has 1 N–H and O–H groups in total. The summed E-state index contributed by atoms with van der Waals surface area (Å²) in [5, 5.41) is 19.2. The van der Waals surface area contributed by atoms with Gasteiger partial charge in [0.15, 0.2) is 0 Å². The van der Waals surface area contributed by atoms with Crippen LogP contribution in [0.5, 0.6) is 0 Å². The molecule has 23 heavy (non-hydrogen) atoms. The maximum absolute atomic E-state index is 11.7. The minimum Gasteiger partial charge on any atom is -0.481 e. The van der Waals surface area contributed by atoms with Gasteiger partial charge in [0.25, 0.3) is 0 Å². The number of carboxylic acid groups (broad SMARTS) is 1. The van der Waals surface area contributed by atoms with Crippen molar-refractivity contribution >= 4 is 34.9 Å². The fourth-order valence-electron chi connectivity index (χ4n) is 2.26. The standard InChI is InChI=1S/C17H16Cl2N2O2/c1-17(2,21-20-14-9-7-13(19)8-10-14)15(16(22)23)11-3-5-12(18)6-4-11/h3-10,15H,1-2H3,(H,22,23). The Morgan fingerprint density at radius 1 is 1.00 bits per heavy atom. The maximum Gasteiger partial charge on any atom is 0.313 e. The Morgan fingerprint density at radius 2 is 1.48 bits per heavy atom. The van der Waals surface area contributed by atoms with Gasteiger partial charge in [-0.05, 0) is 55.8 Å². The van der Waals surface area contributed by atoms with E-state index in [1.165, 1.54) is 0 Å². The van der Waals surface area contributed by atoms with E-state index in [1.54, 1.807) is 62.4 Å². The molecule has 2 rings (SSSR count). The van der Waals surface area contributed by atoms with Crippen LogP contribution < -0.4 is 0 Å². The smallest absolute Gasteiger partial charge is 0.313 e. The number of hydrogen-bond donors (Lipinski definition) is 1. The van der Waals surface area contributed by atoms with Crippen LogP contribution in [0.25, 0.3) is 0 Å². The van der Waals surface area contributed by atoms with Gasteiger partial charge in [0, 0.05) is 10.0 Å². The number of benzene rings is 2. The van der Waals surface area contributed by atoms with Gasteiger partial charge in [0.2, 0.25) is 0 Å². The summed E-state index contributed by atoms with van der Waals surface area (Å²) in [7, 11) is 0. The molecule has 0 aliphatic carbocycles. The van der Waals surface area contributed by atoms with Crippen LogP contribution in [0.4, 0.5) is 5.69 Å². The van der Waals surface area contributed by atoms with Gasteiger partial charge < -0.3 is 5.11 Å². The average molecular weight is 351 g/mol. The summed E-state index contributed by atoms with van der Waals surface area (Å²) in [6.07, 6.45) is 0. The molecule has 0 aliphatic heterocycles. The van der Waals surface area contributed by atoms with Crippen molar-refractivity contribution in [1.82, 2.24) is 0 Å². The molecule has 1 atom stereocenters. The molecule has 0 bridgehead atoms. The Hall–Kier alpha value is -1.91. The number of nitrogens with zero attached hydrogens (tertiary/aromatic N) is 2. The lowest BCUT2D eigenvalue weighted by Crippen LogP contribution is -2.33. The van der Waals surface area contributed by atoms with Crippen LogP contribution in [0.3, 0.4) is 0 Å². The third-order valence-corrected chi connectivity index (χ3v) is 3.91. The number of carboxylic acids is 1. The zero-order chi connectivity index (χ0) is 17.0. The molecule has 0 fully saturated rings. The van der Waals surface area contributed by atoms with E-state index in [0.717, 1.165) is 0 Å². The highest BCUT2D eigenvalue weighted by Crippen LogP contribution is 2.33. The van der Waals surface area contributed by atoms with Crippen LogP contribution in [0.1, 0.15) is 25.3 Å². The Kier molecular flexibility index (Phi) is 5.39. The Bertz CT molecular complexity index is 710. The molecule has 0 saturated carbocycles. The van der Waals surface area contributed by atoms with Crippen LogP contribution in [-0.4, -0.2) is 16.6 Å². The highest BCUT2D eigenvalue weighted by Gasteiger charge is 2.37. The summed E-state index contributed by atoms with van der Waals surface area (Å²) in [5.74, 6) is -1.80. The summed E-state index contributed by atoms with van der Waals surface area (Å²) in [5.41, 5.74) is 0.309. The second kappa shape index (κ2) is 7.11. The van der Waals surface area contributed by atoms with Gasteiger partial charge >= 0.3 is 5.97 Å². The predicted molar refractivity (Wildman–Crippen MR) is 91.9 cm³/mol. The van der Waals surface area contributed by atoms with E-state index < -0.39 is 17.4 Å². The molecule has 0 spiro atoms. The largest absolute Gasteiger partial charge is 0.481 e. The van der Waals surface area contributed by atoms with Gasteiger partial charge in [-0.2, -0.15) is 10.2 Å². The lowest BCUT2D eigenvalue weighted by atomic mass is 9.82. The quantitative estimate of drug-likeness (QED) is 0.700. The van der Waals surface area contributed by atoms with Crippen molar-refractivity contribution < 1.29 is 9.90 Å². The SMILES string of the molecule is CC(C)(N=Nc1ccc(Cl)cc1)C(C(=O)O)c1ccc(Cl)cc1. The zero-order valence-corrected chi connectivity index (χ0v) is 14.2. The normalized spacial score (nSPS) is 13.2. The van der Waals surface area contributed by atoms with Crippen molar-refractivity contribution in [3.8, 4) is 0 Å². The van der Waals surface area contributed by atoms with E-state index in [4.69, 9.17) is 23.2 Å². The first kappa shape index (κ1) is 17.4. The van der Waals surface area contributed by atoms with Crippen LogP contribution in [0.15, 0.2) is 58.8 Å². The monoisotopic (exact) mass is 350 g/mol. The fourth-order valence-corrected chi connectivity index (χ4v) is 2.51. The summed E-state index contributed by atoms with van der Waals surface area (Å²) >= 11 is 11.7. The maximum atomic E-state index is 11.7. The molecular formula is C17H16Cl2N2O2. The van der Waals surface area contributed by atoms with Gasteiger partial charge in [-0.25, -0.2) is 0 Å². The highest BCUT2D eigenvalue weighted by atomic mass is 35.5. The van der Waals surface area contributed by atoms with Crippen molar-refractivity contribution in [1.29, 1.82) is 0 Å². The Labute approximate surface area is 144 Å². The van der Waals surface area contributed by atoms with E-state index >= 15 is 0 Å². The van der Waals surface area contributed by atoms with Gasteiger partial charge in [-0.3, -0.25) is 4.79 Å². The summed E-state index contributed by atoms with van der Waals surface area (Å²) < 4.78 is 0. The lowest BCUT2D eigenvalue weighted by Gasteiger charge is -2.26. The third-order valence-electron chi connectivity index (χ3n) is 3.41. The minimum atomic E-state index is -0.965. The fraction of sp³-hybridized carbons (Fsp3) is 0.235. The van der Waals surface area contributed by atoms with Crippen molar-refractivity contribution in [2.24, 2.45) is 10.2 Å². The molecule has 0 aromatic heterocycles. The Morgan fingerprint density at radius 3 is 1.96 bits per heavy atom. The number of halogens is 2. The average Bonchev–Trinajstić information content (AvgIpc) is 2.48. The molecule has 2 aromatic carbocycles. The van der Waals surface area contributed by atoms with Gasteiger partial charge in [0.1, 0.15) is 5.92 Å². The molecule has 0 amide bonds. The van der Waals surface area contributed by atoms with Crippen molar-refractivity contribution in [2.75, 3.05) is 0 Å². The topological polar surface area (TPSA) is 62.0 Å². The summed E-state index contributed by atoms with van der Waals surface area (Å²) in [6.45, 7) is 3.47. The van der Waals surface area contributed by atoms with Crippen LogP contribution >= 0.6 is 23.2 Å². The van der Waals surface area contributed by atoms with Gasteiger partial charge in [-0.1, -0.05) is 35.3 Å². The Balaban J connectivity index is 2.31. The van der Waals surface area contributed by atoms with E-state index in [2.05, 4.69) is 10.2 Å². The third kappa shape index (κ3) is 4.53. The number of hydrogen-bond acceptors (Lipinski definition) is 3. The van der Waals surface area contributed by atoms with E-state index in [0.29, 0.717) is 21.3 Å². The van der Waals surface area contributed by atoms with Crippen LogP contribution in [0, 0.1) is 0 Å². The molecule has 0 saturated heterocycles. The number of aliphatic carboxylic acids is 1. The first-order valence-electron chi connectivity index (χ1n) is 6.96. The molecular weight excluding hydrogens is 335 g/mol. The molecule has 0 aliphatic rings. The highest BCUT2D eigenvalue weighted by molar-refractivity contribution is 6.30.